The molecule has 1 amide bonds. The molecule has 1 heterocycles. The van der Waals surface area contributed by atoms with Crippen molar-refractivity contribution in [2.75, 3.05) is 49.2 Å². The third kappa shape index (κ3) is 6.14. The Labute approximate surface area is 173 Å². The van der Waals surface area contributed by atoms with E-state index in [0.29, 0.717) is 24.5 Å². The molecular weight excluding hydrogens is 399 g/mol. The van der Waals surface area contributed by atoms with Gasteiger partial charge in [0.1, 0.15) is 0 Å². The van der Waals surface area contributed by atoms with Gasteiger partial charge in [0.05, 0.1) is 11.3 Å². The van der Waals surface area contributed by atoms with E-state index >= 15 is 0 Å². The minimum absolute atomic E-state index is 0.136. The zero-order valence-corrected chi connectivity index (χ0v) is 17.0. The summed E-state index contributed by atoms with van der Waals surface area (Å²) in [4.78, 5) is 17.3. The van der Waals surface area contributed by atoms with Crippen molar-refractivity contribution in [1.29, 1.82) is 0 Å². The maximum absolute atomic E-state index is 13.6. The Bertz CT molecular complexity index is 822. The van der Waals surface area contributed by atoms with E-state index in [0.717, 1.165) is 24.1 Å². The van der Waals surface area contributed by atoms with Gasteiger partial charge in [-0.1, -0.05) is 18.2 Å². The quantitative estimate of drug-likeness (QED) is 0.690. The summed E-state index contributed by atoms with van der Waals surface area (Å²) in [7, 11) is 1.99. The third-order valence-electron chi connectivity index (χ3n) is 4.79. The van der Waals surface area contributed by atoms with Gasteiger partial charge in [-0.3, -0.25) is 4.79 Å². The van der Waals surface area contributed by atoms with Gasteiger partial charge in [-0.25, -0.2) is 0 Å². The molecule has 29 heavy (non-hydrogen) atoms. The summed E-state index contributed by atoms with van der Waals surface area (Å²) < 4.78 is 40.8. The number of nitrogens with one attached hydrogen (secondary N) is 1. The van der Waals surface area contributed by atoms with Crippen molar-refractivity contribution in [2.24, 2.45) is 0 Å². The Morgan fingerprint density at radius 3 is 2.41 bits per heavy atom. The SMILES string of the molecule is CN1CCN(c2ccc(NC(=O)CCSc3ccccc3)c(C(F)(F)F)c2)CC1. The van der Waals surface area contributed by atoms with Crippen LogP contribution in [0.3, 0.4) is 0 Å². The number of anilines is 2. The van der Waals surface area contributed by atoms with Gasteiger partial charge < -0.3 is 15.1 Å². The van der Waals surface area contributed by atoms with Gasteiger partial charge in [-0.05, 0) is 37.4 Å². The van der Waals surface area contributed by atoms with Crippen LogP contribution in [0, 0.1) is 0 Å². The second-order valence-electron chi connectivity index (χ2n) is 6.98. The number of alkyl halides is 3. The fourth-order valence-corrected chi connectivity index (χ4v) is 4.00. The molecule has 156 valence electrons. The zero-order chi connectivity index (χ0) is 20.9. The first-order chi connectivity index (χ1) is 13.8. The van der Waals surface area contributed by atoms with Gasteiger partial charge in [-0.2, -0.15) is 13.2 Å². The van der Waals surface area contributed by atoms with Crippen molar-refractivity contribution in [1.82, 2.24) is 4.90 Å². The van der Waals surface area contributed by atoms with Gasteiger partial charge >= 0.3 is 6.18 Å². The summed E-state index contributed by atoms with van der Waals surface area (Å²) in [5.74, 6) is 0.0719. The van der Waals surface area contributed by atoms with Crippen LogP contribution in [-0.4, -0.2) is 49.8 Å². The highest BCUT2D eigenvalue weighted by molar-refractivity contribution is 7.99. The number of thioether (sulfide) groups is 1. The van der Waals surface area contributed by atoms with Crippen LogP contribution in [0.2, 0.25) is 0 Å². The van der Waals surface area contributed by atoms with Gasteiger partial charge in [0.25, 0.3) is 0 Å². The normalized spacial score (nSPS) is 15.4. The third-order valence-corrected chi connectivity index (χ3v) is 5.81. The maximum Gasteiger partial charge on any atom is 0.418 e. The van der Waals surface area contributed by atoms with Crippen molar-refractivity contribution < 1.29 is 18.0 Å². The summed E-state index contributed by atoms with van der Waals surface area (Å²) in [6.07, 6.45) is -4.40. The molecule has 1 N–H and O–H groups in total. The molecular formula is C21H24F3N3OS. The molecule has 0 aliphatic carbocycles. The first kappa shape index (κ1) is 21.5. The number of carbonyl (C=O) groups excluding carboxylic acids is 1. The van der Waals surface area contributed by atoms with Crippen molar-refractivity contribution in [2.45, 2.75) is 17.5 Å². The number of likely N-dealkylation sites (N-methyl/N-ethyl adjacent to an activating group) is 1. The van der Waals surface area contributed by atoms with E-state index < -0.39 is 17.6 Å². The number of halogens is 3. The lowest BCUT2D eigenvalue weighted by Crippen LogP contribution is -2.44. The lowest BCUT2D eigenvalue weighted by atomic mass is 10.1. The molecule has 2 aromatic rings. The van der Waals surface area contributed by atoms with Gasteiger partial charge in [-0.15, -0.1) is 11.8 Å². The number of carbonyl (C=O) groups is 1. The van der Waals surface area contributed by atoms with Crippen LogP contribution in [0.5, 0.6) is 0 Å². The molecule has 8 heteroatoms. The van der Waals surface area contributed by atoms with Crippen molar-refractivity contribution in [3.05, 3.63) is 54.1 Å². The predicted octanol–water partition coefficient (Wildman–Crippen LogP) is 4.58. The molecule has 0 spiro atoms. The van der Waals surface area contributed by atoms with E-state index in [9.17, 15) is 18.0 Å². The smallest absolute Gasteiger partial charge is 0.369 e. The number of hydrogen-bond donors (Lipinski definition) is 1. The minimum Gasteiger partial charge on any atom is -0.369 e. The van der Waals surface area contributed by atoms with Gasteiger partial charge in [0, 0.05) is 48.9 Å². The molecule has 1 aliphatic rings. The van der Waals surface area contributed by atoms with Crippen LogP contribution in [0.15, 0.2) is 53.4 Å². The van der Waals surface area contributed by atoms with E-state index in [-0.39, 0.29) is 12.1 Å². The number of amides is 1. The second kappa shape index (κ2) is 9.54. The van der Waals surface area contributed by atoms with Crippen LogP contribution in [0.1, 0.15) is 12.0 Å². The Morgan fingerprint density at radius 1 is 1.07 bits per heavy atom. The van der Waals surface area contributed by atoms with Crippen molar-refractivity contribution >= 4 is 29.0 Å². The van der Waals surface area contributed by atoms with E-state index in [1.807, 2.05) is 42.3 Å². The number of hydrogen-bond acceptors (Lipinski definition) is 4. The fourth-order valence-electron chi connectivity index (χ4n) is 3.13. The second-order valence-corrected chi connectivity index (χ2v) is 8.15. The highest BCUT2D eigenvalue weighted by Crippen LogP contribution is 2.37. The largest absolute Gasteiger partial charge is 0.418 e. The molecule has 0 bridgehead atoms. The van der Waals surface area contributed by atoms with Crippen LogP contribution >= 0.6 is 11.8 Å². The van der Waals surface area contributed by atoms with Crippen LogP contribution < -0.4 is 10.2 Å². The average Bonchev–Trinajstić information content (AvgIpc) is 2.69. The molecule has 4 nitrogen and oxygen atoms in total. The standard InChI is InChI=1S/C21H24F3N3OS/c1-26-10-12-27(13-11-26)16-7-8-19(18(15-16)21(22,23)24)25-20(28)9-14-29-17-5-3-2-4-6-17/h2-8,15H,9-14H2,1H3,(H,25,28). The minimum atomic E-state index is -4.54. The summed E-state index contributed by atoms with van der Waals surface area (Å²) in [5.41, 5.74) is -0.467. The molecule has 0 atom stereocenters. The summed E-state index contributed by atoms with van der Waals surface area (Å²) in [6.45, 7) is 2.96. The Balaban J connectivity index is 1.65. The summed E-state index contributed by atoms with van der Waals surface area (Å²) in [5, 5.41) is 2.44. The number of benzene rings is 2. The molecule has 0 aromatic heterocycles. The molecule has 3 rings (SSSR count). The molecule has 0 saturated carbocycles. The van der Waals surface area contributed by atoms with Crippen LogP contribution in [0.25, 0.3) is 0 Å². The molecule has 2 aromatic carbocycles. The van der Waals surface area contributed by atoms with Crippen LogP contribution in [-0.2, 0) is 11.0 Å². The van der Waals surface area contributed by atoms with Crippen molar-refractivity contribution in [3.63, 3.8) is 0 Å². The first-order valence-electron chi connectivity index (χ1n) is 9.45. The van der Waals surface area contributed by atoms with Gasteiger partial charge in [0.2, 0.25) is 5.91 Å². The Hall–Kier alpha value is -2.19. The lowest BCUT2D eigenvalue weighted by Gasteiger charge is -2.34. The first-order valence-corrected chi connectivity index (χ1v) is 10.4. The molecule has 1 fully saturated rings. The predicted molar refractivity (Wildman–Crippen MR) is 112 cm³/mol. The van der Waals surface area contributed by atoms with E-state index in [1.165, 1.54) is 17.8 Å². The Kier molecular flexibility index (Phi) is 7.08. The highest BCUT2D eigenvalue weighted by atomic mass is 32.2. The van der Waals surface area contributed by atoms with Crippen LogP contribution in [0.4, 0.5) is 24.5 Å². The average molecular weight is 424 g/mol. The van der Waals surface area contributed by atoms with E-state index in [1.54, 1.807) is 6.07 Å². The topological polar surface area (TPSA) is 35.6 Å². The molecule has 1 aliphatic heterocycles. The monoisotopic (exact) mass is 423 g/mol. The summed E-state index contributed by atoms with van der Waals surface area (Å²) >= 11 is 1.50. The van der Waals surface area contributed by atoms with Crippen molar-refractivity contribution in [3.8, 4) is 0 Å². The summed E-state index contributed by atoms with van der Waals surface area (Å²) in [6, 6.07) is 13.7. The lowest BCUT2D eigenvalue weighted by molar-refractivity contribution is -0.136. The number of rotatable bonds is 6. The fraction of sp³-hybridized carbons (Fsp3) is 0.381. The molecule has 0 radical (unpaired) electrons. The highest BCUT2D eigenvalue weighted by Gasteiger charge is 2.35. The Morgan fingerprint density at radius 2 is 1.76 bits per heavy atom. The molecule has 0 unspecified atom stereocenters. The number of nitrogens with zero attached hydrogens (tertiary/aromatic N) is 2. The number of piperazine rings is 1. The van der Waals surface area contributed by atoms with E-state index in [4.69, 9.17) is 0 Å². The van der Waals surface area contributed by atoms with E-state index in [2.05, 4.69) is 10.2 Å². The maximum atomic E-state index is 13.6. The van der Waals surface area contributed by atoms with Gasteiger partial charge in [0.15, 0.2) is 0 Å². The zero-order valence-electron chi connectivity index (χ0n) is 16.2. The molecule has 1 saturated heterocycles.